The number of carbonyl (C=O) groups is 1. The van der Waals surface area contributed by atoms with E-state index in [9.17, 15) is 9.18 Å². The van der Waals surface area contributed by atoms with Crippen LogP contribution in [0.2, 0.25) is 0 Å². The number of thioether (sulfide) groups is 1. The number of alkyl halides is 1. The fourth-order valence-corrected chi connectivity index (χ4v) is 2.80. The molecule has 0 saturated heterocycles. The minimum atomic E-state index is -0.234. The van der Waals surface area contributed by atoms with Gasteiger partial charge in [-0.1, -0.05) is 33.1 Å². The van der Waals surface area contributed by atoms with Gasteiger partial charge >= 0.3 is 5.97 Å². The normalized spacial score (nSPS) is 12.4. The predicted octanol–water partition coefficient (Wildman–Crippen LogP) is 4.37. The Morgan fingerprint density at radius 1 is 1.17 bits per heavy atom. The molecule has 0 aromatic carbocycles. The first-order valence-electron chi connectivity index (χ1n) is 7.10. The van der Waals surface area contributed by atoms with Crippen molar-refractivity contribution in [2.24, 2.45) is 0 Å². The Morgan fingerprint density at radius 3 is 2.56 bits per heavy atom. The van der Waals surface area contributed by atoms with Crippen molar-refractivity contribution in [3.63, 3.8) is 0 Å². The summed E-state index contributed by atoms with van der Waals surface area (Å²) >= 11 is 1.67. The van der Waals surface area contributed by atoms with E-state index in [0.29, 0.717) is 13.0 Å². The lowest BCUT2D eigenvalue weighted by atomic mass is 10.2. The highest BCUT2D eigenvalue weighted by Crippen LogP contribution is 2.20. The number of carbonyl (C=O) groups excluding carboxylic acids is 1. The summed E-state index contributed by atoms with van der Waals surface area (Å²) in [6, 6.07) is 0. The summed E-state index contributed by atoms with van der Waals surface area (Å²) in [5, 5.41) is -0.0303. The maximum absolute atomic E-state index is 11.9. The lowest BCUT2D eigenvalue weighted by Gasteiger charge is -2.14. The van der Waals surface area contributed by atoms with Gasteiger partial charge in [0.25, 0.3) is 0 Å². The van der Waals surface area contributed by atoms with Crippen LogP contribution in [0.15, 0.2) is 0 Å². The average Bonchev–Trinajstić information content (AvgIpc) is 2.37. The Morgan fingerprint density at radius 2 is 1.94 bits per heavy atom. The fourth-order valence-electron chi connectivity index (χ4n) is 1.54. The van der Waals surface area contributed by atoms with Crippen LogP contribution in [0.1, 0.15) is 58.8 Å². The van der Waals surface area contributed by atoms with Crippen molar-refractivity contribution < 1.29 is 13.9 Å². The van der Waals surface area contributed by atoms with Gasteiger partial charge in [0.15, 0.2) is 0 Å². The first kappa shape index (κ1) is 17.8. The van der Waals surface area contributed by atoms with Gasteiger partial charge < -0.3 is 4.74 Å². The summed E-state index contributed by atoms with van der Waals surface area (Å²) < 4.78 is 17.2. The van der Waals surface area contributed by atoms with E-state index < -0.39 is 0 Å². The molecule has 4 heteroatoms. The first-order chi connectivity index (χ1) is 8.76. The van der Waals surface area contributed by atoms with Gasteiger partial charge in [0.2, 0.25) is 0 Å². The third-order valence-corrected chi connectivity index (χ3v) is 4.01. The second-order valence-corrected chi connectivity index (χ2v) is 5.73. The number of halogens is 1. The van der Waals surface area contributed by atoms with Crippen LogP contribution in [0, 0.1) is 0 Å². The molecule has 0 bridgehead atoms. The molecule has 0 aromatic rings. The van der Waals surface area contributed by atoms with E-state index in [-0.39, 0.29) is 17.9 Å². The van der Waals surface area contributed by atoms with Crippen LogP contribution < -0.4 is 0 Å². The van der Waals surface area contributed by atoms with Gasteiger partial charge in [-0.3, -0.25) is 9.18 Å². The van der Waals surface area contributed by atoms with Crippen molar-refractivity contribution >= 4 is 17.7 Å². The molecule has 18 heavy (non-hydrogen) atoms. The molecular weight excluding hydrogens is 251 g/mol. The van der Waals surface area contributed by atoms with Gasteiger partial charge in [-0.25, -0.2) is 0 Å². The van der Waals surface area contributed by atoms with Gasteiger partial charge in [0.05, 0.1) is 13.3 Å². The van der Waals surface area contributed by atoms with Crippen molar-refractivity contribution in [1.82, 2.24) is 0 Å². The standard InChI is InChI=1S/C14H27FO2S/c1-3-5-11-17-14(16)13(9-4-2)18-12-8-6-7-10-15/h13H,3-12H2,1-2H3. The van der Waals surface area contributed by atoms with Crippen molar-refractivity contribution in [2.45, 2.75) is 64.0 Å². The number of hydrogen-bond donors (Lipinski definition) is 0. The van der Waals surface area contributed by atoms with E-state index in [2.05, 4.69) is 13.8 Å². The van der Waals surface area contributed by atoms with Gasteiger partial charge in [0.1, 0.15) is 5.25 Å². The average molecular weight is 278 g/mol. The monoisotopic (exact) mass is 278 g/mol. The third kappa shape index (κ3) is 9.75. The molecule has 108 valence electrons. The van der Waals surface area contributed by atoms with E-state index in [1.165, 1.54) is 0 Å². The Balaban J connectivity index is 3.78. The summed E-state index contributed by atoms with van der Waals surface area (Å²) in [6.07, 6.45) is 6.38. The van der Waals surface area contributed by atoms with Crippen LogP contribution in [0.5, 0.6) is 0 Å². The Hall–Kier alpha value is -0.250. The van der Waals surface area contributed by atoms with E-state index in [1.807, 2.05) is 0 Å². The van der Waals surface area contributed by atoms with Crippen molar-refractivity contribution in [1.29, 1.82) is 0 Å². The molecule has 1 atom stereocenters. The number of esters is 1. The van der Waals surface area contributed by atoms with Gasteiger partial charge in [-0.05, 0) is 31.4 Å². The highest BCUT2D eigenvalue weighted by molar-refractivity contribution is 8.00. The minimum Gasteiger partial charge on any atom is -0.465 e. The molecule has 0 heterocycles. The Labute approximate surface area is 115 Å². The second-order valence-electron chi connectivity index (χ2n) is 4.42. The van der Waals surface area contributed by atoms with E-state index >= 15 is 0 Å². The van der Waals surface area contributed by atoms with Crippen LogP contribution in [0.25, 0.3) is 0 Å². The van der Waals surface area contributed by atoms with Gasteiger partial charge in [0, 0.05) is 0 Å². The lowest BCUT2D eigenvalue weighted by molar-refractivity contribution is -0.143. The summed E-state index contributed by atoms with van der Waals surface area (Å²) in [7, 11) is 0. The highest BCUT2D eigenvalue weighted by Gasteiger charge is 2.18. The molecule has 0 amide bonds. The van der Waals surface area contributed by atoms with Crippen molar-refractivity contribution in [3.8, 4) is 0 Å². The fraction of sp³-hybridized carbons (Fsp3) is 0.929. The molecule has 2 nitrogen and oxygen atoms in total. The van der Waals surface area contributed by atoms with Gasteiger partial charge in [-0.15, -0.1) is 11.8 Å². The topological polar surface area (TPSA) is 26.3 Å². The molecule has 0 rings (SSSR count). The SMILES string of the molecule is CCCCOC(=O)C(CCC)SCCCCCF. The molecule has 0 aromatic heterocycles. The summed E-state index contributed by atoms with van der Waals surface area (Å²) in [6.45, 7) is 4.47. The van der Waals surface area contributed by atoms with Crippen LogP contribution in [-0.4, -0.2) is 30.3 Å². The molecule has 1 unspecified atom stereocenters. The maximum Gasteiger partial charge on any atom is 0.319 e. The molecule has 0 radical (unpaired) electrons. The molecule has 0 N–H and O–H groups in total. The lowest BCUT2D eigenvalue weighted by Crippen LogP contribution is -2.21. The zero-order valence-corrected chi connectivity index (χ0v) is 12.6. The van der Waals surface area contributed by atoms with Crippen LogP contribution in [0.4, 0.5) is 4.39 Å². The number of unbranched alkanes of at least 4 members (excludes halogenated alkanes) is 3. The number of rotatable bonds is 12. The molecule has 0 fully saturated rings. The van der Waals surface area contributed by atoms with Crippen LogP contribution >= 0.6 is 11.8 Å². The second kappa shape index (κ2) is 13.2. The Bertz CT molecular complexity index is 200. The number of ether oxygens (including phenoxy) is 1. The molecule has 0 saturated carbocycles. The summed E-state index contributed by atoms with van der Waals surface area (Å²) in [5.41, 5.74) is 0. The van der Waals surface area contributed by atoms with E-state index in [4.69, 9.17) is 4.74 Å². The molecule has 0 aliphatic carbocycles. The van der Waals surface area contributed by atoms with E-state index in [1.54, 1.807) is 11.8 Å². The largest absolute Gasteiger partial charge is 0.465 e. The molecular formula is C14H27FO2S. The zero-order valence-electron chi connectivity index (χ0n) is 11.8. The molecule has 0 aliphatic rings. The molecule has 0 spiro atoms. The van der Waals surface area contributed by atoms with Gasteiger partial charge in [-0.2, -0.15) is 0 Å². The first-order valence-corrected chi connectivity index (χ1v) is 8.15. The third-order valence-electron chi connectivity index (χ3n) is 2.65. The quantitative estimate of drug-likeness (QED) is 0.391. The maximum atomic E-state index is 11.9. The Kier molecular flexibility index (Phi) is 13.0. The summed E-state index contributed by atoms with van der Waals surface area (Å²) in [5.74, 6) is 0.855. The highest BCUT2D eigenvalue weighted by atomic mass is 32.2. The zero-order chi connectivity index (χ0) is 13.6. The van der Waals surface area contributed by atoms with Crippen LogP contribution in [-0.2, 0) is 9.53 Å². The van der Waals surface area contributed by atoms with Crippen LogP contribution in [0.3, 0.4) is 0 Å². The number of hydrogen-bond acceptors (Lipinski definition) is 3. The van der Waals surface area contributed by atoms with Crippen molar-refractivity contribution in [3.05, 3.63) is 0 Å². The minimum absolute atomic E-state index is 0.0303. The smallest absolute Gasteiger partial charge is 0.319 e. The van der Waals surface area contributed by atoms with E-state index in [0.717, 1.165) is 44.3 Å². The molecule has 0 aliphatic heterocycles. The summed E-state index contributed by atoms with van der Waals surface area (Å²) in [4.78, 5) is 11.8. The van der Waals surface area contributed by atoms with Crippen molar-refractivity contribution in [2.75, 3.05) is 19.0 Å². The predicted molar refractivity (Wildman–Crippen MR) is 76.8 cm³/mol.